The Labute approximate surface area is 300 Å². The van der Waals surface area contributed by atoms with Crippen LogP contribution < -0.4 is 0 Å². The standard InChI is InChI=1S/C40H66O10/c1-3-5-7-9-11-13-14-15-16-17-18-19-20-21-23-25-27-29-36(43)49-33(31-47-35(42)28-26-24-22-12-10-8-6-4-2)32-48-40-39(46)38(45)37(44)34(30-41)50-40/h5,7,11,13,15-16,18-19,21,23,33-34,37-41,44-46H,3-4,6,8-10,12,14,17,20,22,24-32H2,1-2H3/b7-5-,13-11-,16-15-,19-18-,23-21-. The van der Waals surface area contributed by atoms with E-state index in [1.54, 1.807) is 0 Å². The topological polar surface area (TPSA) is 152 Å². The number of hydrogen-bond donors (Lipinski definition) is 4. The molecule has 10 heteroatoms. The fourth-order valence-corrected chi connectivity index (χ4v) is 5.16. The Bertz CT molecular complexity index is 1000. The smallest absolute Gasteiger partial charge is 0.306 e. The largest absolute Gasteiger partial charge is 0.462 e. The number of carbonyl (C=O) groups excluding carboxylic acids is 2. The van der Waals surface area contributed by atoms with Crippen molar-refractivity contribution in [3.63, 3.8) is 0 Å². The van der Waals surface area contributed by atoms with E-state index < -0.39 is 55.4 Å². The van der Waals surface area contributed by atoms with E-state index in [1.165, 1.54) is 25.7 Å². The number of unbranched alkanes of at least 4 members (excludes halogenated alkanes) is 8. The minimum Gasteiger partial charge on any atom is -0.462 e. The maximum atomic E-state index is 12.7. The number of ether oxygens (including phenoxy) is 4. The summed E-state index contributed by atoms with van der Waals surface area (Å²) >= 11 is 0. The van der Waals surface area contributed by atoms with Crippen LogP contribution in [0.5, 0.6) is 0 Å². The maximum absolute atomic E-state index is 12.7. The number of hydrogen-bond acceptors (Lipinski definition) is 10. The molecule has 0 amide bonds. The van der Waals surface area contributed by atoms with Gasteiger partial charge in [0.05, 0.1) is 13.2 Å². The molecule has 0 saturated carbocycles. The lowest BCUT2D eigenvalue weighted by atomic mass is 9.99. The zero-order valence-electron chi connectivity index (χ0n) is 30.6. The molecule has 0 radical (unpaired) electrons. The first-order chi connectivity index (χ1) is 24.3. The van der Waals surface area contributed by atoms with Crippen LogP contribution in [0.1, 0.15) is 123 Å². The molecular weight excluding hydrogens is 640 g/mol. The molecule has 1 fully saturated rings. The Morgan fingerprint density at radius 3 is 1.76 bits per heavy atom. The van der Waals surface area contributed by atoms with E-state index in [9.17, 15) is 30.0 Å². The Morgan fingerprint density at radius 1 is 0.640 bits per heavy atom. The highest BCUT2D eigenvalue weighted by atomic mass is 16.7. The summed E-state index contributed by atoms with van der Waals surface area (Å²) in [5, 5.41) is 39.8. The number of rotatable bonds is 29. The van der Waals surface area contributed by atoms with Crippen molar-refractivity contribution in [1.29, 1.82) is 0 Å². The number of allylic oxidation sites excluding steroid dienone is 10. The summed E-state index contributed by atoms with van der Waals surface area (Å²) in [5.74, 6) is -0.887. The van der Waals surface area contributed by atoms with Crippen LogP contribution in [0, 0.1) is 0 Å². The van der Waals surface area contributed by atoms with Gasteiger partial charge in [-0.25, -0.2) is 0 Å². The normalized spacial score (nSPS) is 22.1. The minimum absolute atomic E-state index is 0.150. The first-order valence-corrected chi connectivity index (χ1v) is 18.9. The van der Waals surface area contributed by atoms with Crippen molar-refractivity contribution >= 4 is 11.9 Å². The SMILES string of the molecule is CC/C=C\C/C=C\C/C=C\C/C=C\C/C=C\CCCC(=O)OC(COC(=O)CCCCCCCCCC)COC1OC(CO)C(O)C(O)C1O. The van der Waals surface area contributed by atoms with Crippen molar-refractivity contribution in [3.05, 3.63) is 60.8 Å². The van der Waals surface area contributed by atoms with Gasteiger partial charge in [-0.2, -0.15) is 0 Å². The summed E-state index contributed by atoms with van der Waals surface area (Å²) in [6, 6.07) is 0. The van der Waals surface area contributed by atoms with Gasteiger partial charge in [0.2, 0.25) is 0 Å². The second kappa shape index (κ2) is 31.2. The Morgan fingerprint density at radius 2 is 1.18 bits per heavy atom. The van der Waals surface area contributed by atoms with Gasteiger partial charge in [-0.05, 0) is 51.4 Å². The van der Waals surface area contributed by atoms with Crippen LogP contribution in [0.15, 0.2) is 60.8 Å². The Kier molecular flexibility index (Phi) is 28.3. The molecule has 50 heavy (non-hydrogen) atoms. The molecule has 4 N–H and O–H groups in total. The van der Waals surface area contributed by atoms with Crippen LogP contribution in [-0.2, 0) is 28.5 Å². The van der Waals surface area contributed by atoms with Crippen molar-refractivity contribution in [2.24, 2.45) is 0 Å². The molecule has 6 unspecified atom stereocenters. The summed E-state index contributed by atoms with van der Waals surface area (Å²) in [6.45, 7) is 3.18. The highest BCUT2D eigenvalue weighted by Crippen LogP contribution is 2.22. The minimum atomic E-state index is -1.60. The fourth-order valence-electron chi connectivity index (χ4n) is 5.16. The molecule has 1 saturated heterocycles. The quantitative estimate of drug-likeness (QED) is 0.0375. The fraction of sp³-hybridized carbons (Fsp3) is 0.700. The van der Waals surface area contributed by atoms with Crippen LogP contribution >= 0.6 is 0 Å². The van der Waals surface area contributed by atoms with E-state index in [0.717, 1.165) is 51.4 Å². The second-order valence-corrected chi connectivity index (χ2v) is 12.7. The first kappa shape index (κ1) is 45.4. The van der Waals surface area contributed by atoms with Gasteiger partial charge in [-0.15, -0.1) is 0 Å². The molecule has 0 aromatic rings. The summed E-state index contributed by atoms with van der Waals surface area (Å²) in [5.41, 5.74) is 0. The molecule has 0 aromatic heterocycles. The molecule has 10 nitrogen and oxygen atoms in total. The highest BCUT2D eigenvalue weighted by Gasteiger charge is 2.44. The average Bonchev–Trinajstić information content (AvgIpc) is 3.11. The van der Waals surface area contributed by atoms with E-state index in [-0.39, 0.29) is 26.1 Å². The van der Waals surface area contributed by atoms with Crippen LogP contribution in [0.3, 0.4) is 0 Å². The molecule has 0 bridgehead atoms. The van der Waals surface area contributed by atoms with Crippen molar-refractivity contribution in [2.75, 3.05) is 19.8 Å². The molecule has 286 valence electrons. The van der Waals surface area contributed by atoms with E-state index in [4.69, 9.17) is 18.9 Å². The van der Waals surface area contributed by atoms with Gasteiger partial charge < -0.3 is 39.4 Å². The van der Waals surface area contributed by atoms with Gasteiger partial charge in [0, 0.05) is 12.8 Å². The van der Waals surface area contributed by atoms with Crippen molar-refractivity contribution in [1.82, 2.24) is 0 Å². The molecule has 1 heterocycles. The molecule has 1 aliphatic heterocycles. The Balaban J connectivity index is 2.45. The van der Waals surface area contributed by atoms with E-state index in [1.807, 2.05) is 6.08 Å². The van der Waals surface area contributed by atoms with Crippen molar-refractivity contribution in [3.8, 4) is 0 Å². The van der Waals surface area contributed by atoms with E-state index in [2.05, 4.69) is 68.5 Å². The van der Waals surface area contributed by atoms with Crippen molar-refractivity contribution < 1.29 is 49.0 Å². The second-order valence-electron chi connectivity index (χ2n) is 12.7. The summed E-state index contributed by atoms with van der Waals surface area (Å²) in [7, 11) is 0. The molecular formula is C40H66O10. The van der Waals surface area contributed by atoms with Gasteiger partial charge in [-0.1, -0.05) is 120 Å². The van der Waals surface area contributed by atoms with Crippen LogP contribution in [0.4, 0.5) is 0 Å². The molecule has 1 rings (SSSR count). The predicted molar refractivity (Wildman–Crippen MR) is 196 cm³/mol. The maximum Gasteiger partial charge on any atom is 0.306 e. The molecule has 1 aliphatic rings. The molecule has 0 aromatic carbocycles. The number of aliphatic hydroxyl groups is 4. The van der Waals surface area contributed by atoms with Crippen molar-refractivity contribution in [2.45, 2.75) is 160 Å². The van der Waals surface area contributed by atoms with Gasteiger partial charge in [0.25, 0.3) is 0 Å². The van der Waals surface area contributed by atoms with Crippen LogP contribution in [0.2, 0.25) is 0 Å². The molecule has 0 spiro atoms. The third-order valence-corrected chi connectivity index (χ3v) is 8.17. The van der Waals surface area contributed by atoms with Gasteiger partial charge in [0.15, 0.2) is 12.4 Å². The van der Waals surface area contributed by atoms with E-state index >= 15 is 0 Å². The van der Waals surface area contributed by atoms with E-state index in [0.29, 0.717) is 19.3 Å². The lowest BCUT2D eigenvalue weighted by Gasteiger charge is -2.39. The number of aliphatic hydroxyl groups excluding tert-OH is 4. The molecule has 6 atom stereocenters. The number of carbonyl (C=O) groups is 2. The lowest BCUT2D eigenvalue weighted by molar-refractivity contribution is -0.305. The van der Waals surface area contributed by atoms with Gasteiger partial charge >= 0.3 is 11.9 Å². The highest BCUT2D eigenvalue weighted by molar-refractivity contribution is 5.70. The van der Waals surface area contributed by atoms with Crippen LogP contribution in [0.25, 0.3) is 0 Å². The lowest BCUT2D eigenvalue weighted by Crippen LogP contribution is -2.59. The third-order valence-electron chi connectivity index (χ3n) is 8.17. The summed E-state index contributed by atoms with van der Waals surface area (Å²) in [4.78, 5) is 25.0. The van der Waals surface area contributed by atoms with Gasteiger partial charge in [-0.3, -0.25) is 9.59 Å². The Hall–Kier alpha value is -2.60. The zero-order valence-corrected chi connectivity index (χ0v) is 30.6. The zero-order chi connectivity index (χ0) is 36.7. The van der Waals surface area contributed by atoms with Gasteiger partial charge in [0.1, 0.15) is 31.0 Å². The molecule has 0 aliphatic carbocycles. The number of esters is 2. The monoisotopic (exact) mass is 706 g/mol. The summed E-state index contributed by atoms with van der Waals surface area (Å²) in [6.07, 6.45) is 28.2. The summed E-state index contributed by atoms with van der Waals surface area (Å²) < 4.78 is 21.9. The predicted octanol–water partition coefficient (Wildman–Crippen LogP) is 6.71. The first-order valence-electron chi connectivity index (χ1n) is 18.9. The average molecular weight is 707 g/mol. The third kappa shape index (κ3) is 23.0. The van der Waals surface area contributed by atoms with Crippen LogP contribution in [-0.4, -0.2) is 89.0 Å².